The van der Waals surface area contributed by atoms with Crippen molar-refractivity contribution in [3.8, 4) is 0 Å². The quantitative estimate of drug-likeness (QED) is 0.707. The van der Waals surface area contributed by atoms with E-state index in [0.717, 1.165) is 0 Å². The third kappa shape index (κ3) is 8.08. The molecule has 0 radical (unpaired) electrons. The second kappa shape index (κ2) is 7.96. The van der Waals surface area contributed by atoms with Gasteiger partial charge in [-0.15, -0.1) is 0 Å². The maximum atomic E-state index is 11.2. The largest absolute Gasteiger partial charge is 0.466 e. The molecule has 0 spiro atoms. The van der Waals surface area contributed by atoms with E-state index >= 15 is 0 Å². The summed E-state index contributed by atoms with van der Waals surface area (Å²) in [5, 5.41) is 2.56. The summed E-state index contributed by atoms with van der Waals surface area (Å²) in [4.78, 5) is 22.3. The number of rotatable bonds is 6. The number of esters is 1. The van der Waals surface area contributed by atoms with E-state index in [4.69, 9.17) is 9.47 Å². The van der Waals surface area contributed by atoms with Crippen LogP contribution >= 0.6 is 0 Å². The van der Waals surface area contributed by atoms with Crippen LogP contribution in [0, 0.1) is 5.92 Å². The molecule has 16 heavy (non-hydrogen) atoms. The van der Waals surface area contributed by atoms with Gasteiger partial charge < -0.3 is 14.8 Å². The Morgan fingerprint density at radius 1 is 1.19 bits per heavy atom. The van der Waals surface area contributed by atoms with Gasteiger partial charge >= 0.3 is 12.1 Å². The summed E-state index contributed by atoms with van der Waals surface area (Å²) in [7, 11) is 0. The highest BCUT2D eigenvalue weighted by Gasteiger charge is 2.13. The van der Waals surface area contributed by atoms with Gasteiger partial charge in [0, 0.05) is 6.04 Å². The first kappa shape index (κ1) is 14.7. The van der Waals surface area contributed by atoms with E-state index in [2.05, 4.69) is 5.32 Å². The number of carbonyl (C=O) groups is 2. The molecule has 0 bridgehead atoms. The Hall–Kier alpha value is -1.26. The molecule has 0 aliphatic carbocycles. The van der Waals surface area contributed by atoms with Crippen LogP contribution in [-0.2, 0) is 14.3 Å². The van der Waals surface area contributed by atoms with E-state index in [1.54, 1.807) is 13.8 Å². The van der Waals surface area contributed by atoms with Crippen LogP contribution in [0.1, 0.15) is 34.1 Å². The van der Waals surface area contributed by atoms with E-state index in [1.165, 1.54) is 0 Å². The molecule has 0 fully saturated rings. The fourth-order valence-electron chi connectivity index (χ4n) is 1.01. The summed E-state index contributed by atoms with van der Waals surface area (Å²) in [5.41, 5.74) is 0. The Labute approximate surface area is 96.5 Å². The summed E-state index contributed by atoms with van der Waals surface area (Å²) < 4.78 is 9.67. The molecule has 0 rings (SSSR count). The molecule has 0 aromatic rings. The molecule has 1 unspecified atom stereocenters. The molecule has 0 aromatic carbocycles. The first-order chi connectivity index (χ1) is 7.45. The Morgan fingerprint density at radius 2 is 1.81 bits per heavy atom. The summed E-state index contributed by atoms with van der Waals surface area (Å²) >= 11 is 0. The lowest BCUT2D eigenvalue weighted by Gasteiger charge is -2.14. The Balaban J connectivity index is 3.73. The van der Waals surface area contributed by atoms with Crippen LogP contribution < -0.4 is 5.32 Å². The van der Waals surface area contributed by atoms with E-state index in [9.17, 15) is 9.59 Å². The maximum Gasteiger partial charge on any atom is 0.407 e. The minimum atomic E-state index is -0.495. The van der Waals surface area contributed by atoms with Crippen molar-refractivity contribution in [3.63, 3.8) is 0 Å². The third-order valence-corrected chi connectivity index (χ3v) is 1.69. The first-order valence-corrected chi connectivity index (χ1v) is 5.54. The molecule has 0 saturated heterocycles. The van der Waals surface area contributed by atoms with E-state index in [0.29, 0.717) is 19.1 Å². The summed E-state index contributed by atoms with van der Waals surface area (Å²) in [6, 6.07) is -0.279. The second-order valence-corrected chi connectivity index (χ2v) is 4.05. The van der Waals surface area contributed by atoms with Gasteiger partial charge in [-0.3, -0.25) is 4.79 Å². The van der Waals surface area contributed by atoms with E-state index in [-0.39, 0.29) is 18.4 Å². The predicted molar refractivity (Wildman–Crippen MR) is 60.0 cm³/mol. The smallest absolute Gasteiger partial charge is 0.407 e. The minimum absolute atomic E-state index is 0.157. The summed E-state index contributed by atoms with van der Waals surface area (Å²) in [6.45, 7) is 8.10. The summed E-state index contributed by atoms with van der Waals surface area (Å²) in [6.07, 6.45) is -0.338. The van der Waals surface area contributed by atoms with Crippen molar-refractivity contribution in [1.82, 2.24) is 5.32 Å². The van der Waals surface area contributed by atoms with Crippen LogP contribution in [-0.4, -0.2) is 31.3 Å². The highest BCUT2D eigenvalue weighted by Crippen LogP contribution is 1.97. The van der Waals surface area contributed by atoms with Gasteiger partial charge in [-0.2, -0.15) is 0 Å². The van der Waals surface area contributed by atoms with Gasteiger partial charge in [0.1, 0.15) is 0 Å². The number of amides is 1. The van der Waals surface area contributed by atoms with Crippen molar-refractivity contribution in [1.29, 1.82) is 0 Å². The molecule has 1 atom stereocenters. The molecular weight excluding hydrogens is 210 g/mol. The monoisotopic (exact) mass is 231 g/mol. The van der Waals surface area contributed by atoms with Crippen molar-refractivity contribution in [2.24, 2.45) is 5.92 Å². The van der Waals surface area contributed by atoms with Crippen molar-refractivity contribution in [3.05, 3.63) is 0 Å². The molecule has 0 aromatic heterocycles. The molecule has 0 saturated carbocycles. The van der Waals surface area contributed by atoms with Crippen LogP contribution in [0.15, 0.2) is 0 Å². The van der Waals surface area contributed by atoms with Gasteiger partial charge in [0.05, 0.1) is 19.6 Å². The standard InChI is InChI=1S/C11H21NO4/c1-5-15-10(13)6-9(4)12-11(14)16-7-8(2)3/h8-9H,5-7H2,1-4H3,(H,12,14). The number of carbonyl (C=O) groups excluding carboxylic acids is 2. The van der Waals surface area contributed by atoms with Crippen LogP contribution in [0.2, 0.25) is 0 Å². The lowest BCUT2D eigenvalue weighted by Crippen LogP contribution is -2.35. The van der Waals surface area contributed by atoms with Gasteiger partial charge in [0.25, 0.3) is 0 Å². The van der Waals surface area contributed by atoms with E-state index in [1.807, 2.05) is 13.8 Å². The topological polar surface area (TPSA) is 64.6 Å². The maximum absolute atomic E-state index is 11.2. The van der Waals surface area contributed by atoms with Gasteiger partial charge in [-0.25, -0.2) is 4.79 Å². The fraction of sp³-hybridized carbons (Fsp3) is 0.818. The van der Waals surface area contributed by atoms with Gasteiger partial charge in [0.15, 0.2) is 0 Å². The molecule has 1 amide bonds. The normalized spacial score (nSPS) is 12.1. The van der Waals surface area contributed by atoms with Crippen LogP contribution in [0.25, 0.3) is 0 Å². The molecule has 1 N–H and O–H groups in total. The average Bonchev–Trinajstić information content (AvgIpc) is 2.14. The van der Waals surface area contributed by atoms with Gasteiger partial charge in [0.2, 0.25) is 0 Å². The lowest BCUT2D eigenvalue weighted by molar-refractivity contribution is -0.143. The molecule has 0 aliphatic rings. The van der Waals surface area contributed by atoms with Crippen LogP contribution in [0.3, 0.4) is 0 Å². The average molecular weight is 231 g/mol. The molecule has 0 aliphatic heterocycles. The number of nitrogens with one attached hydrogen (secondary N) is 1. The van der Waals surface area contributed by atoms with Crippen LogP contribution in [0.5, 0.6) is 0 Å². The molecule has 5 nitrogen and oxygen atoms in total. The van der Waals surface area contributed by atoms with Crippen molar-refractivity contribution >= 4 is 12.1 Å². The number of ether oxygens (including phenoxy) is 2. The molecular formula is C11H21NO4. The molecule has 94 valence electrons. The van der Waals surface area contributed by atoms with Gasteiger partial charge in [-0.1, -0.05) is 13.8 Å². The van der Waals surface area contributed by atoms with E-state index < -0.39 is 6.09 Å². The molecule has 0 heterocycles. The predicted octanol–water partition coefficient (Wildman–Crippen LogP) is 1.71. The molecule has 5 heteroatoms. The highest BCUT2D eigenvalue weighted by molar-refractivity contribution is 5.72. The first-order valence-electron chi connectivity index (χ1n) is 5.54. The lowest BCUT2D eigenvalue weighted by atomic mass is 10.2. The Morgan fingerprint density at radius 3 is 2.31 bits per heavy atom. The minimum Gasteiger partial charge on any atom is -0.466 e. The highest BCUT2D eigenvalue weighted by atomic mass is 16.5. The van der Waals surface area contributed by atoms with Crippen molar-refractivity contribution < 1.29 is 19.1 Å². The zero-order chi connectivity index (χ0) is 12.6. The van der Waals surface area contributed by atoms with Crippen molar-refractivity contribution in [2.45, 2.75) is 40.2 Å². The van der Waals surface area contributed by atoms with Gasteiger partial charge in [-0.05, 0) is 19.8 Å². The SMILES string of the molecule is CCOC(=O)CC(C)NC(=O)OCC(C)C. The summed E-state index contributed by atoms with van der Waals surface area (Å²) in [5.74, 6) is -0.0229. The van der Waals surface area contributed by atoms with Crippen molar-refractivity contribution in [2.75, 3.05) is 13.2 Å². The zero-order valence-corrected chi connectivity index (χ0v) is 10.4. The second-order valence-electron chi connectivity index (χ2n) is 4.05. The Kier molecular flexibility index (Phi) is 7.33. The number of hydrogen-bond acceptors (Lipinski definition) is 4. The third-order valence-electron chi connectivity index (χ3n) is 1.69. The zero-order valence-electron chi connectivity index (χ0n) is 10.4. The number of hydrogen-bond donors (Lipinski definition) is 1. The fourth-order valence-corrected chi connectivity index (χ4v) is 1.01. The number of alkyl carbamates (subject to hydrolysis) is 1. The van der Waals surface area contributed by atoms with Crippen LogP contribution in [0.4, 0.5) is 4.79 Å². The Bertz CT molecular complexity index is 228.